The summed E-state index contributed by atoms with van der Waals surface area (Å²) in [7, 11) is 0. The van der Waals surface area contributed by atoms with Gasteiger partial charge in [0.05, 0.1) is 12.3 Å². The fraction of sp³-hybridized carbons (Fsp3) is 0.200. The van der Waals surface area contributed by atoms with E-state index in [0.29, 0.717) is 0 Å². The minimum atomic E-state index is -1.09. The molecule has 86 valence electrons. The molecule has 1 rings (SSSR count). The molecule has 0 aliphatic carbocycles. The molecule has 0 fully saturated rings. The lowest BCUT2D eigenvalue weighted by molar-refractivity contribution is -0.152. The van der Waals surface area contributed by atoms with E-state index in [1.165, 1.54) is 0 Å². The summed E-state index contributed by atoms with van der Waals surface area (Å²) >= 11 is 0. The van der Waals surface area contributed by atoms with Crippen LogP contribution in [0.4, 0.5) is 10.1 Å². The highest BCUT2D eigenvalue weighted by Crippen LogP contribution is 2.23. The maximum absolute atomic E-state index is 12.8. The zero-order chi connectivity index (χ0) is 12.1. The van der Waals surface area contributed by atoms with Crippen molar-refractivity contribution >= 4 is 17.6 Å². The predicted molar refractivity (Wildman–Crippen MR) is 53.3 cm³/mol. The Morgan fingerprint density at radius 2 is 2.19 bits per heavy atom. The van der Waals surface area contributed by atoms with E-state index in [4.69, 9.17) is 0 Å². The predicted octanol–water partition coefficient (Wildman–Crippen LogP) is 1.03. The SMILES string of the molecule is CCOC(=O)C(=O)Nc1cc(F)ccc1O. The highest BCUT2D eigenvalue weighted by atomic mass is 19.1. The lowest BCUT2D eigenvalue weighted by Gasteiger charge is -2.06. The molecule has 0 aliphatic heterocycles. The van der Waals surface area contributed by atoms with Crippen LogP contribution in [0.5, 0.6) is 5.75 Å². The maximum atomic E-state index is 12.8. The van der Waals surface area contributed by atoms with Crippen LogP contribution in [0, 0.1) is 5.82 Å². The zero-order valence-corrected chi connectivity index (χ0v) is 8.49. The molecule has 0 atom stereocenters. The summed E-state index contributed by atoms with van der Waals surface area (Å²) in [5.74, 6) is -3.13. The van der Waals surface area contributed by atoms with Crippen molar-refractivity contribution in [2.45, 2.75) is 6.92 Å². The molecular weight excluding hydrogens is 217 g/mol. The first-order valence-electron chi connectivity index (χ1n) is 4.51. The summed E-state index contributed by atoms with van der Waals surface area (Å²) in [5, 5.41) is 11.3. The highest BCUT2D eigenvalue weighted by molar-refractivity contribution is 6.37. The van der Waals surface area contributed by atoms with Gasteiger partial charge in [-0.2, -0.15) is 0 Å². The zero-order valence-electron chi connectivity index (χ0n) is 8.49. The molecule has 0 spiro atoms. The third-order valence-corrected chi connectivity index (χ3v) is 1.67. The Balaban J connectivity index is 2.76. The van der Waals surface area contributed by atoms with Gasteiger partial charge in [-0.05, 0) is 19.1 Å². The number of benzene rings is 1. The normalized spacial score (nSPS) is 9.62. The van der Waals surface area contributed by atoms with Gasteiger partial charge in [0.15, 0.2) is 0 Å². The Labute approximate surface area is 90.8 Å². The molecule has 6 heteroatoms. The molecule has 0 bridgehead atoms. The molecule has 0 unspecified atom stereocenters. The van der Waals surface area contributed by atoms with Crippen molar-refractivity contribution in [2.75, 3.05) is 11.9 Å². The second-order valence-electron chi connectivity index (χ2n) is 2.84. The number of amides is 1. The van der Waals surface area contributed by atoms with Gasteiger partial charge in [-0.1, -0.05) is 0 Å². The van der Waals surface area contributed by atoms with Gasteiger partial charge in [-0.25, -0.2) is 9.18 Å². The first kappa shape index (κ1) is 12.0. The lowest BCUT2D eigenvalue weighted by atomic mass is 10.3. The number of aromatic hydroxyl groups is 1. The Hall–Kier alpha value is -2.11. The van der Waals surface area contributed by atoms with E-state index in [-0.39, 0.29) is 18.0 Å². The molecule has 2 N–H and O–H groups in total. The fourth-order valence-corrected chi connectivity index (χ4v) is 0.978. The Kier molecular flexibility index (Phi) is 3.82. The molecule has 5 nitrogen and oxygen atoms in total. The van der Waals surface area contributed by atoms with Crippen LogP contribution in [-0.4, -0.2) is 23.6 Å². The second kappa shape index (κ2) is 5.11. The first-order valence-corrected chi connectivity index (χ1v) is 4.51. The summed E-state index contributed by atoms with van der Waals surface area (Å²) in [4.78, 5) is 22.1. The van der Waals surface area contributed by atoms with Crippen LogP contribution in [0.15, 0.2) is 18.2 Å². The number of nitrogens with one attached hydrogen (secondary N) is 1. The topological polar surface area (TPSA) is 75.6 Å². The number of halogens is 1. The third-order valence-electron chi connectivity index (χ3n) is 1.67. The van der Waals surface area contributed by atoms with Crippen LogP contribution in [0.2, 0.25) is 0 Å². The fourth-order valence-electron chi connectivity index (χ4n) is 0.978. The van der Waals surface area contributed by atoms with Crippen LogP contribution >= 0.6 is 0 Å². The van der Waals surface area contributed by atoms with Crippen LogP contribution in [0.3, 0.4) is 0 Å². The Bertz CT molecular complexity index is 419. The van der Waals surface area contributed by atoms with Crippen molar-refractivity contribution in [2.24, 2.45) is 0 Å². The Morgan fingerprint density at radius 1 is 1.50 bits per heavy atom. The summed E-state index contributed by atoms with van der Waals surface area (Å²) < 4.78 is 17.2. The average molecular weight is 227 g/mol. The molecule has 0 aliphatic rings. The summed E-state index contributed by atoms with van der Waals surface area (Å²) in [6.45, 7) is 1.60. The van der Waals surface area contributed by atoms with E-state index >= 15 is 0 Å². The van der Waals surface area contributed by atoms with Gasteiger partial charge in [0.25, 0.3) is 0 Å². The van der Waals surface area contributed by atoms with Crippen molar-refractivity contribution < 1.29 is 23.8 Å². The molecule has 0 aromatic heterocycles. The second-order valence-corrected chi connectivity index (χ2v) is 2.84. The minimum Gasteiger partial charge on any atom is -0.506 e. The highest BCUT2D eigenvalue weighted by Gasteiger charge is 2.16. The van der Waals surface area contributed by atoms with Crippen molar-refractivity contribution in [3.05, 3.63) is 24.0 Å². The van der Waals surface area contributed by atoms with E-state index in [9.17, 15) is 19.1 Å². The number of rotatable bonds is 2. The van der Waals surface area contributed by atoms with Gasteiger partial charge in [0.2, 0.25) is 0 Å². The molecule has 0 radical (unpaired) electrons. The van der Waals surface area contributed by atoms with Crippen molar-refractivity contribution in [1.82, 2.24) is 0 Å². The van der Waals surface area contributed by atoms with Gasteiger partial charge in [0, 0.05) is 6.07 Å². The number of hydrogen-bond acceptors (Lipinski definition) is 4. The standard InChI is InChI=1S/C10H10FNO4/c1-2-16-10(15)9(14)12-7-5-6(11)3-4-8(7)13/h3-5,13H,2H2,1H3,(H,12,14). The van der Waals surface area contributed by atoms with Crippen LogP contribution in [0.1, 0.15) is 6.92 Å². The third kappa shape index (κ3) is 2.94. The lowest BCUT2D eigenvalue weighted by Crippen LogP contribution is -2.25. The van der Waals surface area contributed by atoms with Crippen LogP contribution in [0.25, 0.3) is 0 Å². The van der Waals surface area contributed by atoms with E-state index < -0.39 is 17.7 Å². The molecule has 1 amide bonds. The van der Waals surface area contributed by atoms with Gasteiger partial charge in [0.1, 0.15) is 11.6 Å². The number of hydrogen-bond donors (Lipinski definition) is 2. The van der Waals surface area contributed by atoms with Gasteiger partial charge >= 0.3 is 11.9 Å². The summed E-state index contributed by atoms with van der Waals surface area (Å²) in [6, 6.07) is 2.98. The van der Waals surface area contributed by atoms with Crippen molar-refractivity contribution in [3.63, 3.8) is 0 Å². The van der Waals surface area contributed by atoms with Crippen LogP contribution in [-0.2, 0) is 14.3 Å². The number of carbonyl (C=O) groups excluding carboxylic acids is 2. The quantitative estimate of drug-likeness (QED) is 0.449. The van der Waals surface area contributed by atoms with E-state index in [1.807, 2.05) is 5.32 Å². The van der Waals surface area contributed by atoms with Crippen LogP contribution < -0.4 is 5.32 Å². The molecule has 0 heterocycles. The number of anilines is 1. The monoisotopic (exact) mass is 227 g/mol. The number of esters is 1. The number of phenols is 1. The summed E-state index contributed by atoms with van der Waals surface area (Å²) in [5.41, 5.74) is -0.182. The number of carbonyl (C=O) groups is 2. The molecule has 16 heavy (non-hydrogen) atoms. The Morgan fingerprint density at radius 3 is 2.81 bits per heavy atom. The average Bonchev–Trinajstić information content (AvgIpc) is 2.23. The van der Waals surface area contributed by atoms with E-state index in [2.05, 4.69) is 4.74 Å². The van der Waals surface area contributed by atoms with Crippen molar-refractivity contribution in [1.29, 1.82) is 0 Å². The first-order chi connectivity index (χ1) is 7.54. The van der Waals surface area contributed by atoms with Gasteiger partial charge in [-0.15, -0.1) is 0 Å². The molecule has 1 aromatic carbocycles. The maximum Gasteiger partial charge on any atom is 0.397 e. The van der Waals surface area contributed by atoms with Gasteiger partial charge in [-0.3, -0.25) is 4.79 Å². The molecular formula is C10H10FNO4. The van der Waals surface area contributed by atoms with E-state index in [0.717, 1.165) is 18.2 Å². The smallest absolute Gasteiger partial charge is 0.397 e. The minimum absolute atomic E-state index is 0.0569. The van der Waals surface area contributed by atoms with Crippen molar-refractivity contribution in [3.8, 4) is 5.75 Å². The molecule has 1 aromatic rings. The van der Waals surface area contributed by atoms with E-state index in [1.54, 1.807) is 6.92 Å². The summed E-state index contributed by atoms with van der Waals surface area (Å²) in [6.07, 6.45) is 0. The number of ether oxygens (including phenoxy) is 1. The number of phenolic OH excluding ortho intramolecular Hbond substituents is 1. The van der Waals surface area contributed by atoms with Gasteiger partial charge < -0.3 is 15.2 Å². The largest absolute Gasteiger partial charge is 0.506 e. The molecule has 0 saturated heterocycles. The molecule has 0 saturated carbocycles.